The number of rotatable bonds is 6. The molecular weight excluding hydrogens is 250 g/mol. The molecule has 110 valence electrons. The van der Waals surface area contributed by atoms with Gasteiger partial charge >= 0.3 is 5.97 Å². The molecule has 1 heterocycles. The molecule has 0 saturated carbocycles. The van der Waals surface area contributed by atoms with Crippen LogP contribution in [0.3, 0.4) is 0 Å². The second-order valence-corrected chi connectivity index (χ2v) is 5.13. The molecule has 0 aromatic carbocycles. The molecule has 1 saturated heterocycles. The van der Waals surface area contributed by atoms with E-state index in [1.54, 1.807) is 0 Å². The lowest BCUT2D eigenvalue weighted by Gasteiger charge is -2.20. The lowest BCUT2D eigenvalue weighted by molar-refractivity contribution is -0.140. The Kier molecular flexibility index (Phi) is 5.75. The number of carbonyl (C=O) groups is 2. The predicted molar refractivity (Wildman–Crippen MR) is 68.7 cm³/mol. The van der Waals surface area contributed by atoms with Gasteiger partial charge in [0.15, 0.2) is 0 Å². The zero-order valence-electron chi connectivity index (χ0n) is 11.9. The van der Waals surface area contributed by atoms with E-state index in [9.17, 15) is 9.59 Å². The average molecular weight is 273 g/mol. The van der Waals surface area contributed by atoms with Crippen LogP contribution in [0.2, 0.25) is 0 Å². The lowest BCUT2D eigenvalue weighted by Crippen LogP contribution is -2.41. The smallest absolute Gasteiger partial charge is 0.306 e. The van der Waals surface area contributed by atoms with E-state index in [-0.39, 0.29) is 42.9 Å². The normalized spacial score (nSPS) is 32.0. The molecule has 5 atom stereocenters. The molecule has 6 heteroatoms. The third-order valence-electron chi connectivity index (χ3n) is 3.78. The summed E-state index contributed by atoms with van der Waals surface area (Å²) in [5.41, 5.74) is 0. The van der Waals surface area contributed by atoms with Gasteiger partial charge in [0.2, 0.25) is 5.91 Å². The van der Waals surface area contributed by atoms with Crippen LogP contribution in [-0.2, 0) is 19.1 Å². The number of ether oxygens (including phenoxy) is 2. The maximum absolute atomic E-state index is 12.1. The molecule has 0 aromatic heterocycles. The molecule has 1 fully saturated rings. The second-order valence-electron chi connectivity index (χ2n) is 5.13. The van der Waals surface area contributed by atoms with Crippen molar-refractivity contribution in [2.75, 3.05) is 13.7 Å². The molecule has 1 amide bonds. The summed E-state index contributed by atoms with van der Waals surface area (Å²) in [4.78, 5) is 22.7. The van der Waals surface area contributed by atoms with E-state index < -0.39 is 12.1 Å². The molecule has 0 aliphatic carbocycles. The van der Waals surface area contributed by atoms with Gasteiger partial charge in [-0.05, 0) is 19.8 Å². The van der Waals surface area contributed by atoms with E-state index in [1.807, 2.05) is 20.8 Å². The van der Waals surface area contributed by atoms with Crippen LogP contribution < -0.4 is 5.32 Å². The number of carbonyl (C=O) groups excluding carboxylic acids is 1. The minimum Gasteiger partial charge on any atom is -0.481 e. The standard InChI is InChI=1S/C13H23NO5/c1-7-8(2)19-9(3)12(7)13(17)14-6-10(18-4)5-11(15)16/h7-10,12H,5-6H2,1-4H3,(H,14,17)(H,15,16). The molecule has 0 aromatic rings. The Hall–Kier alpha value is -1.14. The SMILES string of the molecule is COC(CNC(=O)C1C(C)OC(C)C1C)CC(=O)O. The van der Waals surface area contributed by atoms with E-state index in [0.717, 1.165) is 0 Å². The highest BCUT2D eigenvalue weighted by molar-refractivity contribution is 5.80. The van der Waals surface area contributed by atoms with Gasteiger partial charge in [0.05, 0.1) is 30.7 Å². The maximum Gasteiger partial charge on any atom is 0.306 e. The van der Waals surface area contributed by atoms with Gasteiger partial charge < -0.3 is 19.9 Å². The Morgan fingerprint density at radius 2 is 1.95 bits per heavy atom. The van der Waals surface area contributed by atoms with E-state index in [4.69, 9.17) is 14.6 Å². The summed E-state index contributed by atoms with van der Waals surface area (Å²) in [5, 5.41) is 11.5. The Bertz CT molecular complexity index is 333. The van der Waals surface area contributed by atoms with Crippen LogP contribution >= 0.6 is 0 Å². The van der Waals surface area contributed by atoms with Crippen LogP contribution in [0.5, 0.6) is 0 Å². The quantitative estimate of drug-likeness (QED) is 0.742. The highest BCUT2D eigenvalue weighted by atomic mass is 16.5. The Morgan fingerprint density at radius 3 is 2.37 bits per heavy atom. The van der Waals surface area contributed by atoms with Crippen molar-refractivity contribution >= 4 is 11.9 Å². The maximum atomic E-state index is 12.1. The van der Waals surface area contributed by atoms with Crippen LogP contribution in [-0.4, -0.2) is 48.9 Å². The van der Waals surface area contributed by atoms with E-state index in [0.29, 0.717) is 0 Å². The first-order chi connectivity index (χ1) is 8.86. The topological polar surface area (TPSA) is 84.9 Å². The van der Waals surface area contributed by atoms with Crippen molar-refractivity contribution < 1.29 is 24.2 Å². The first-order valence-electron chi connectivity index (χ1n) is 6.54. The summed E-state index contributed by atoms with van der Waals surface area (Å²) in [7, 11) is 1.44. The first kappa shape index (κ1) is 15.9. The molecule has 5 unspecified atom stereocenters. The summed E-state index contributed by atoms with van der Waals surface area (Å²) in [5.74, 6) is -1.09. The highest BCUT2D eigenvalue weighted by Gasteiger charge is 2.41. The van der Waals surface area contributed by atoms with Crippen molar-refractivity contribution in [3.8, 4) is 0 Å². The molecule has 2 N–H and O–H groups in total. The Balaban J connectivity index is 2.48. The van der Waals surface area contributed by atoms with E-state index >= 15 is 0 Å². The summed E-state index contributed by atoms with van der Waals surface area (Å²) < 4.78 is 10.6. The largest absolute Gasteiger partial charge is 0.481 e. The number of carboxylic acids is 1. The number of nitrogens with one attached hydrogen (secondary N) is 1. The van der Waals surface area contributed by atoms with Gasteiger partial charge in [-0.15, -0.1) is 0 Å². The molecular formula is C13H23NO5. The van der Waals surface area contributed by atoms with Crippen LogP contribution in [0.25, 0.3) is 0 Å². The fourth-order valence-electron chi connectivity index (χ4n) is 2.48. The fourth-order valence-corrected chi connectivity index (χ4v) is 2.48. The van der Waals surface area contributed by atoms with Crippen molar-refractivity contribution in [1.29, 1.82) is 0 Å². The monoisotopic (exact) mass is 273 g/mol. The number of amides is 1. The molecule has 6 nitrogen and oxygen atoms in total. The third kappa shape index (κ3) is 4.18. The number of aliphatic carboxylic acids is 1. The van der Waals surface area contributed by atoms with Gasteiger partial charge in [-0.25, -0.2) is 0 Å². The van der Waals surface area contributed by atoms with Gasteiger partial charge in [-0.2, -0.15) is 0 Å². The zero-order chi connectivity index (χ0) is 14.6. The molecule has 19 heavy (non-hydrogen) atoms. The van der Waals surface area contributed by atoms with E-state index in [1.165, 1.54) is 7.11 Å². The van der Waals surface area contributed by atoms with Gasteiger partial charge in [0.25, 0.3) is 0 Å². The van der Waals surface area contributed by atoms with Crippen LogP contribution in [0.15, 0.2) is 0 Å². The minimum atomic E-state index is -0.944. The number of hydrogen-bond acceptors (Lipinski definition) is 4. The molecule has 1 rings (SSSR count). The highest BCUT2D eigenvalue weighted by Crippen LogP contribution is 2.32. The number of hydrogen-bond donors (Lipinski definition) is 2. The van der Waals surface area contributed by atoms with E-state index in [2.05, 4.69) is 5.32 Å². The molecule has 1 aliphatic rings. The van der Waals surface area contributed by atoms with Gasteiger partial charge in [0, 0.05) is 13.7 Å². The molecule has 0 spiro atoms. The van der Waals surface area contributed by atoms with Gasteiger partial charge in [-0.1, -0.05) is 6.92 Å². The van der Waals surface area contributed by atoms with Crippen molar-refractivity contribution in [1.82, 2.24) is 5.32 Å². The molecule has 0 bridgehead atoms. The van der Waals surface area contributed by atoms with Crippen LogP contribution in [0.1, 0.15) is 27.2 Å². The minimum absolute atomic E-state index is 0.0583. The average Bonchev–Trinajstić information content (AvgIpc) is 2.58. The fraction of sp³-hybridized carbons (Fsp3) is 0.846. The Morgan fingerprint density at radius 1 is 1.32 bits per heavy atom. The molecule has 1 aliphatic heterocycles. The molecule has 0 radical (unpaired) electrons. The summed E-state index contributed by atoms with van der Waals surface area (Å²) in [6.45, 7) is 6.03. The Labute approximate surface area is 113 Å². The number of methoxy groups -OCH3 is 1. The van der Waals surface area contributed by atoms with Gasteiger partial charge in [-0.3, -0.25) is 9.59 Å². The van der Waals surface area contributed by atoms with Crippen molar-refractivity contribution in [2.24, 2.45) is 11.8 Å². The summed E-state index contributed by atoms with van der Waals surface area (Å²) >= 11 is 0. The second kappa shape index (κ2) is 6.86. The van der Waals surface area contributed by atoms with Crippen molar-refractivity contribution in [3.05, 3.63) is 0 Å². The first-order valence-corrected chi connectivity index (χ1v) is 6.54. The van der Waals surface area contributed by atoms with Crippen LogP contribution in [0.4, 0.5) is 0 Å². The number of carboxylic acid groups (broad SMARTS) is 1. The van der Waals surface area contributed by atoms with Gasteiger partial charge in [0.1, 0.15) is 0 Å². The third-order valence-corrected chi connectivity index (χ3v) is 3.78. The van der Waals surface area contributed by atoms with Crippen LogP contribution in [0, 0.1) is 11.8 Å². The summed E-state index contributed by atoms with van der Waals surface area (Å²) in [6.07, 6.45) is -0.695. The van der Waals surface area contributed by atoms with Crippen molar-refractivity contribution in [2.45, 2.75) is 45.5 Å². The van der Waals surface area contributed by atoms with Crippen molar-refractivity contribution in [3.63, 3.8) is 0 Å². The zero-order valence-corrected chi connectivity index (χ0v) is 11.9. The summed E-state index contributed by atoms with van der Waals surface area (Å²) in [6, 6.07) is 0. The lowest BCUT2D eigenvalue weighted by atomic mass is 9.89. The predicted octanol–water partition coefficient (Wildman–Crippen LogP) is 0.652.